The van der Waals surface area contributed by atoms with E-state index in [1.807, 2.05) is 0 Å². The zero-order valence-electron chi connectivity index (χ0n) is 17.2. The van der Waals surface area contributed by atoms with Crippen LogP contribution in [-0.4, -0.2) is 54.8 Å². The summed E-state index contributed by atoms with van der Waals surface area (Å²) in [5.74, 6) is 2.10. The van der Waals surface area contributed by atoms with Crippen molar-refractivity contribution in [3.63, 3.8) is 0 Å². The molecule has 0 aliphatic carbocycles. The molecule has 0 saturated carbocycles. The van der Waals surface area contributed by atoms with E-state index in [1.54, 1.807) is 12.1 Å². The van der Waals surface area contributed by atoms with Gasteiger partial charge in [-0.3, -0.25) is 4.79 Å². The van der Waals surface area contributed by atoms with Gasteiger partial charge >= 0.3 is 0 Å². The van der Waals surface area contributed by atoms with E-state index in [0.29, 0.717) is 45.6 Å². The lowest BCUT2D eigenvalue weighted by molar-refractivity contribution is 0.0954. The fourth-order valence-corrected chi connectivity index (χ4v) is 2.62. The van der Waals surface area contributed by atoms with Gasteiger partial charge < -0.3 is 28.4 Å². The highest BCUT2D eigenvalue weighted by Crippen LogP contribution is 2.39. The first-order chi connectivity index (χ1) is 14.0. The highest BCUT2D eigenvalue weighted by atomic mass is 16.5. The van der Waals surface area contributed by atoms with Crippen LogP contribution >= 0.6 is 0 Å². The molecule has 1 amide bonds. The predicted molar refractivity (Wildman–Crippen MR) is 107 cm³/mol. The van der Waals surface area contributed by atoms with Crippen molar-refractivity contribution in [2.45, 2.75) is 0 Å². The number of nitrogens with zero attached hydrogens (tertiary/aromatic N) is 1. The predicted octanol–water partition coefficient (Wildman–Crippen LogP) is 2.50. The number of carbonyl (C=O) groups excluding carboxylic acids is 1. The Bertz CT molecular complexity index is 846. The molecule has 2 aromatic rings. The fraction of sp³-hybridized carbons (Fsp3) is 0.300. The van der Waals surface area contributed by atoms with E-state index in [9.17, 15) is 4.79 Å². The van der Waals surface area contributed by atoms with Gasteiger partial charge in [0, 0.05) is 11.1 Å². The molecule has 2 aromatic carbocycles. The lowest BCUT2D eigenvalue weighted by atomic mass is 10.1. The number of hydrazone groups is 1. The molecule has 0 saturated heterocycles. The Balaban J connectivity index is 2.24. The first-order valence-electron chi connectivity index (χ1n) is 8.46. The van der Waals surface area contributed by atoms with E-state index in [1.165, 1.54) is 61.0 Å². The molecular weight excluding hydrogens is 380 g/mol. The van der Waals surface area contributed by atoms with Gasteiger partial charge in [-0.05, 0) is 24.3 Å². The Morgan fingerprint density at radius 2 is 1.14 bits per heavy atom. The summed E-state index contributed by atoms with van der Waals surface area (Å²) >= 11 is 0. The summed E-state index contributed by atoms with van der Waals surface area (Å²) in [7, 11) is 8.99. The van der Waals surface area contributed by atoms with E-state index >= 15 is 0 Å². The van der Waals surface area contributed by atoms with Crippen molar-refractivity contribution in [3.05, 3.63) is 35.4 Å². The molecule has 0 unspecified atom stereocenters. The third-order valence-corrected chi connectivity index (χ3v) is 3.99. The van der Waals surface area contributed by atoms with Gasteiger partial charge in [0.15, 0.2) is 23.0 Å². The van der Waals surface area contributed by atoms with Crippen LogP contribution in [0.2, 0.25) is 0 Å². The summed E-state index contributed by atoms with van der Waals surface area (Å²) < 4.78 is 31.6. The van der Waals surface area contributed by atoms with Crippen molar-refractivity contribution in [1.82, 2.24) is 5.43 Å². The first-order valence-corrected chi connectivity index (χ1v) is 8.46. The Morgan fingerprint density at radius 3 is 1.52 bits per heavy atom. The Morgan fingerprint density at radius 1 is 0.724 bits per heavy atom. The molecule has 0 bridgehead atoms. The molecule has 0 aromatic heterocycles. The van der Waals surface area contributed by atoms with Crippen LogP contribution in [0.25, 0.3) is 0 Å². The van der Waals surface area contributed by atoms with Crippen LogP contribution in [0, 0.1) is 0 Å². The van der Waals surface area contributed by atoms with Crippen molar-refractivity contribution in [3.8, 4) is 34.5 Å². The van der Waals surface area contributed by atoms with Gasteiger partial charge in [-0.15, -0.1) is 0 Å². The molecular formula is C20H24N2O7. The maximum atomic E-state index is 12.5. The Hall–Kier alpha value is -3.62. The summed E-state index contributed by atoms with van der Waals surface area (Å²) in [6.45, 7) is 0. The van der Waals surface area contributed by atoms with Crippen molar-refractivity contribution >= 4 is 12.1 Å². The summed E-state index contributed by atoms with van der Waals surface area (Å²) in [5.41, 5.74) is 3.39. The average molecular weight is 404 g/mol. The van der Waals surface area contributed by atoms with E-state index in [4.69, 9.17) is 28.4 Å². The van der Waals surface area contributed by atoms with Crippen molar-refractivity contribution in [1.29, 1.82) is 0 Å². The van der Waals surface area contributed by atoms with Gasteiger partial charge in [0.1, 0.15) is 0 Å². The minimum absolute atomic E-state index is 0.293. The maximum Gasteiger partial charge on any atom is 0.271 e. The summed E-state index contributed by atoms with van der Waals surface area (Å²) in [4.78, 5) is 12.5. The molecule has 0 fully saturated rings. The molecule has 0 spiro atoms. The van der Waals surface area contributed by atoms with Crippen molar-refractivity contribution in [2.24, 2.45) is 5.10 Å². The Labute approximate surface area is 169 Å². The summed E-state index contributed by atoms with van der Waals surface area (Å²) in [5, 5.41) is 3.99. The molecule has 29 heavy (non-hydrogen) atoms. The van der Waals surface area contributed by atoms with Crippen molar-refractivity contribution in [2.75, 3.05) is 42.7 Å². The smallest absolute Gasteiger partial charge is 0.271 e. The molecule has 1 N–H and O–H groups in total. The lowest BCUT2D eigenvalue weighted by Crippen LogP contribution is -2.18. The van der Waals surface area contributed by atoms with Crippen LogP contribution in [0.4, 0.5) is 0 Å². The van der Waals surface area contributed by atoms with Crippen LogP contribution in [-0.2, 0) is 0 Å². The SMILES string of the molecule is COc1cc(/C=N\NC(=O)c2cc(OC)c(OC)c(OC)c2)cc(OC)c1OC. The number of hydrogen-bond acceptors (Lipinski definition) is 8. The van der Waals surface area contributed by atoms with E-state index < -0.39 is 5.91 Å². The largest absolute Gasteiger partial charge is 0.493 e. The van der Waals surface area contributed by atoms with Crippen LogP contribution in [0.1, 0.15) is 15.9 Å². The maximum absolute atomic E-state index is 12.5. The van der Waals surface area contributed by atoms with Gasteiger partial charge in [-0.2, -0.15) is 5.10 Å². The molecule has 0 aliphatic rings. The minimum Gasteiger partial charge on any atom is -0.493 e. The second-order valence-corrected chi connectivity index (χ2v) is 5.57. The standard InChI is InChI=1S/C20H24N2O7/c1-24-14-7-12(8-15(25-2)18(14)28-5)11-21-22-20(23)13-9-16(26-3)19(29-6)17(10-13)27-4/h7-11H,1-6H3,(H,22,23)/b21-11-. The van der Waals surface area contributed by atoms with Gasteiger partial charge in [0.2, 0.25) is 11.5 Å². The summed E-state index contributed by atoms with van der Waals surface area (Å²) in [6.07, 6.45) is 1.46. The molecule has 0 atom stereocenters. The number of amides is 1. The molecule has 0 radical (unpaired) electrons. The van der Waals surface area contributed by atoms with Crippen LogP contribution in [0.5, 0.6) is 34.5 Å². The number of carbonyl (C=O) groups is 1. The summed E-state index contributed by atoms with van der Waals surface area (Å²) in [6, 6.07) is 6.48. The highest BCUT2D eigenvalue weighted by molar-refractivity contribution is 5.96. The third kappa shape index (κ3) is 4.81. The van der Waals surface area contributed by atoms with Crippen LogP contribution < -0.4 is 33.8 Å². The lowest BCUT2D eigenvalue weighted by Gasteiger charge is -2.13. The normalized spacial score (nSPS) is 10.4. The minimum atomic E-state index is -0.451. The number of nitrogens with one attached hydrogen (secondary N) is 1. The molecule has 9 nitrogen and oxygen atoms in total. The van der Waals surface area contributed by atoms with Gasteiger partial charge in [0.25, 0.3) is 5.91 Å². The zero-order valence-corrected chi connectivity index (χ0v) is 17.2. The van der Waals surface area contributed by atoms with Gasteiger partial charge in [-0.25, -0.2) is 5.43 Å². The van der Waals surface area contributed by atoms with E-state index in [0.717, 1.165) is 0 Å². The molecule has 2 rings (SSSR count). The molecule has 156 valence electrons. The number of hydrogen-bond donors (Lipinski definition) is 1. The topological polar surface area (TPSA) is 96.8 Å². The third-order valence-electron chi connectivity index (χ3n) is 3.99. The zero-order chi connectivity index (χ0) is 21.4. The van der Waals surface area contributed by atoms with Gasteiger partial charge in [-0.1, -0.05) is 0 Å². The van der Waals surface area contributed by atoms with Crippen LogP contribution in [0.15, 0.2) is 29.4 Å². The molecule has 0 aliphatic heterocycles. The quantitative estimate of drug-likeness (QED) is 0.507. The average Bonchev–Trinajstić information content (AvgIpc) is 2.76. The number of ether oxygens (including phenoxy) is 6. The molecule has 9 heteroatoms. The fourth-order valence-electron chi connectivity index (χ4n) is 2.62. The van der Waals surface area contributed by atoms with Crippen LogP contribution in [0.3, 0.4) is 0 Å². The number of benzene rings is 2. The highest BCUT2D eigenvalue weighted by Gasteiger charge is 2.17. The second-order valence-electron chi connectivity index (χ2n) is 5.57. The second kappa shape index (κ2) is 10.1. The van der Waals surface area contributed by atoms with E-state index in [-0.39, 0.29) is 0 Å². The number of rotatable bonds is 9. The van der Waals surface area contributed by atoms with Gasteiger partial charge in [0.05, 0.1) is 48.9 Å². The Kier molecular flexibility index (Phi) is 7.53. The van der Waals surface area contributed by atoms with E-state index in [2.05, 4.69) is 10.5 Å². The molecule has 0 heterocycles. The monoisotopic (exact) mass is 404 g/mol. The first kappa shape index (κ1) is 21.7. The van der Waals surface area contributed by atoms with Crippen molar-refractivity contribution < 1.29 is 33.2 Å². The number of methoxy groups -OCH3 is 6.